The average molecular weight is 267 g/mol. The predicted molar refractivity (Wildman–Crippen MR) is 76.5 cm³/mol. The number of aromatic nitrogens is 2. The first-order valence-electron chi connectivity index (χ1n) is 7.06. The Morgan fingerprint density at radius 1 is 1.42 bits per heavy atom. The molecule has 2 N–H and O–H groups in total. The van der Waals surface area contributed by atoms with Crippen LogP contribution in [0.5, 0.6) is 5.75 Å². The van der Waals surface area contributed by atoms with Crippen molar-refractivity contribution in [1.29, 1.82) is 0 Å². The lowest BCUT2D eigenvalue weighted by Gasteiger charge is -2.16. The number of methoxy groups -OCH3 is 1. The van der Waals surface area contributed by atoms with Crippen molar-refractivity contribution >= 4 is 0 Å². The van der Waals surface area contributed by atoms with E-state index in [1.165, 1.54) is 39.0 Å². The van der Waals surface area contributed by atoms with Gasteiger partial charge >= 0.3 is 0 Å². The van der Waals surface area contributed by atoms with Crippen LogP contribution in [-0.2, 0) is 6.54 Å². The molecule has 0 fully saturated rings. The Morgan fingerprint density at radius 3 is 2.79 bits per heavy atom. The van der Waals surface area contributed by atoms with Crippen LogP contribution < -0.4 is 15.6 Å². The third-order valence-electron chi connectivity index (χ3n) is 3.25. The molecule has 0 aliphatic rings. The number of rotatable bonds is 9. The number of H-pyrrole nitrogens is 1. The molecule has 1 aromatic rings. The second kappa shape index (κ2) is 8.69. The molecule has 5 nitrogen and oxygen atoms in total. The second-order valence-electron chi connectivity index (χ2n) is 4.71. The van der Waals surface area contributed by atoms with Gasteiger partial charge in [-0.1, -0.05) is 33.1 Å². The van der Waals surface area contributed by atoms with E-state index < -0.39 is 0 Å². The summed E-state index contributed by atoms with van der Waals surface area (Å²) in [5, 5.41) is 3.44. The maximum absolute atomic E-state index is 11.5. The summed E-state index contributed by atoms with van der Waals surface area (Å²) in [6.45, 7) is 4.97. The summed E-state index contributed by atoms with van der Waals surface area (Å²) in [4.78, 5) is 18.4. The van der Waals surface area contributed by atoms with Gasteiger partial charge in [-0.15, -0.1) is 0 Å². The summed E-state index contributed by atoms with van der Waals surface area (Å²) in [6.07, 6.45) is 7.48. The molecule has 108 valence electrons. The molecule has 0 saturated heterocycles. The van der Waals surface area contributed by atoms with Crippen molar-refractivity contribution in [1.82, 2.24) is 15.3 Å². The zero-order valence-corrected chi connectivity index (χ0v) is 12.2. The number of ether oxygens (including phenoxy) is 1. The number of hydrogen-bond donors (Lipinski definition) is 2. The van der Waals surface area contributed by atoms with Crippen LogP contribution in [-0.4, -0.2) is 23.1 Å². The lowest BCUT2D eigenvalue weighted by Crippen LogP contribution is -2.29. The molecule has 1 atom stereocenters. The van der Waals surface area contributed by atoms with Crippen LogP contribution in [0.3, 0.4) is 0 Å². The predicted octanol–water partition coefficient (Wildman–Crippen LogP) is 2.23. The van der Waals surface area contributed by atoms with E-state index in [0.717, 1.165) is 6.42 Å². The second-order valence-corrected chi connectivity index (χ2v) is 4.71. The summed E-state index contributed by atoms with van der Waals surface area (Å²) in [5.74, 6) is 0.901. The third-order valence-corrected chi connectivity index (χ3v) is 3.25. The fourth-order valence-electron chi connectivity index (χ4n) is 1.99. The summed E-state index contributed by atoms with van der Waals surface area (Å²) >= 11 is 0. The fraction of sp³-hybridized carbons (Fsp3) is 0.714. The quantitative estimate of drug-likeness (QED) is 0.673. The van der Waals surface area contributed by atoms with Crippen molar-refractivity contribution in [3.63, 3.8) is 0 Å². The van der Waals surface area contributed by atoms with Gasteiger partial charge in [0.2, 0.25) is 5.75 Å². The van der Waals surface area contributed by atoms with Gasteiger partial charge in [0.15, 0.2) is 0 Å². The first-order valence-corrected chi connectivity index (χ1v) is 7.06. The molecule has 0 amide bonds. The molecule has 0 aromatic carbocycles. The van der Waals surface area contributed by atoms with E-state index in [2.05, 4.69) is 29.1 Å². The van der Waals surface area contributed by atoms with Crippen molar-refractivity contribution in [3.05, 3.63) is 22.4 Å². The van der Waals surface area contributed by atoms with Crippen LogP contribution >= 0.6 is 0 Å². The van der Waals surface area contributed by atoms with E-state index in [0.29, 0.717) is 18.4 Å². The molecule has 1 unspecified atom stereocenters. The highest BCUT2D eigenvalue weighted by Gasteiger charge is 2.07. The fourth-order valence-corrected chi connectivity index (χ4v) is 1.99. The SMILES string of the molecule is CCCCCC(CC)NCc1ncc(OC)c(=O)[nH]1. The van der Waals surface area contributed by atoms with Gasteiger partial charge in [-0.3, -0.25) is 4.79 Å². The zero-order chi connectivity index (χ0) is 14.1. The van der Waals surface area contributed by atoms with Crippen molar-refractivity contribution in [3.8, 4) is 5.75 Å². The molecule has 5 heteroatoms. The van der Waals surface area contributed by atoms with Crippen molar-refractivity contribution < 1.29 is 4.74 Å². The van der Waals surface area contributed by atoms with E-state index in [4.69, 9.17) is 4.74 Å². The van der Waals surface area contributed by atoms with Crippen LogP contribution in [0.1, 0.15) is 51.8 Å². The molecule has 1 heterocycles. The molecule has 0 radical (unpaired) electrons. The van der Waals surface area contributed by atoms with Crippen LogP contribution in [0.25, 0.3) is 0 Å². The first kappa shape index (κ1) is 15.7. The van der Waals surface area contributed by atoms with Gasteiger partial charge in [0.25, 0.3) is 5.56 Å². The van der Waals surface area contributed by atoms with Gasteiger partial charge < -0.3 is 15.0 Å². The maximum atomic E-state index is 11.5. The largest absolute Gasteiger partial charge is 0.490 e. The van der Waals surface area contributed by atoms with Crippen LogP contribution in [0.15, 0.2) is 11.0 Å². The molecule has 1 aromatic heterocycles. The minimum Gasteiger partial charge on any atom is -0.490 e. The van der Waals surface area contributed by atoms with Crippen LogP contribution in [0.2, 0.25) is 0 Å². The van der Waals surface area contributed by atoms with Gasteiger partial charge in [-0.2, -0.15) is 0 Å². The topological polar surface area (TPSA) is 67.0 Å². The number of hydrogen-bond acceptors (Lipinski definition) is 4. The number of nitrogens with one attached hydrogen (secondary N) is 2. The Bertz CT molecular complexity index is 417. The molecule has 0 bridgehead atoms. The Hall–Kier alpha value is -1.36. The summed E-state index contributed by atoms with van der Waals surface area (Å²) in [6, 6.07) is 0.485. The van der Waals surface area contributed by atoms with Crippen LogP contribution in [0.4, 0.5) is 0 Å². The summed E-state index contributed by atoms with van der Waals surface area (Å²) in [7, 11) is 1.46. The van der Waals surface area contributed by atoms with Crippen molar-refractivity contribution in [2.24, 2.45) is 0 Å². The highest BCUT2D eigenvalue weighted by Crippen LogP contribution is 2.07. The Morgan fingerprint density at radius 2 is 2.21 bits per heavy atom. The van der Waals surface area contributed by atoms with E-state index >= 15 is 0 Å². The lowest BCUT2D eigenvalue weighted by molar-refractivity contribution is 0.402. The van der Waals surface area contributed by atoms with Crippen LogP contribution in [0, 0.1) is 0 Å². The van der Waals surface area contributed by atoms with E-state index in [-0.39, 0.29) is 11.3 Å². The maximum Gasteiger partial charge on any atom is 0.293 e. The van der Waals surface area contributed by atoms with Crippen molar-refractivity contribution in [2.45, 2.75) is 58.5 Å². The monoisotopic (exact) mass is 267 g/mol. The highest BCUT2D eigenvalue weighted by molar-refractivity contribution is 5.12. The Kier molecular flexibility index (Phi) is 7.18. The van der Waals surface area contributed by atoms with Gasteiger partial charge in [0.05, 0.1) is 19.9 Å². The van der Waals surface area contributed by atoms with Gasteiger partial charge in [0, 0.05) is 6.04 Å². The minimum atomic E-state index is -0.228. The van der Waals surface area contributed by atoms with Crippen molar-refractivity contribution in [2.75, 3.05) is 7.11 Å². The summed E-state index contributed by atoms with van der Waals surface area (Å²) in [5.41, 5.74) is -0.228. The van der Waals surface area contributed by atoms with E-state index in [9.17, 15) is 4.79 Å². The standard InChI is InChI=1S/C14H25N3O2/c1-4-6-7-8-11(5-2)15-10-13-16-9-12(19-3)14(18)17-13/h9,11,15H,4-8,10H2,1-3H3,(H,16,17,18). The number of nitrogens with zero attached hydrogens (tertiary/aromatic N) is 1. The van der Waals surface area contributed by atoms with Gasteiger partial charge in [0.1, 0.15) is 5.82 Å². The van der Waals surface area contributed by atoms with E-state index in [1.807, 2.05) is 0 Å². The Labute approximate surface area is 114 Å². The number of unbranched alkanes of at least 4 members (excludes halogenated alkanes) is 2. The molecule has 0 aliphatic carbocycles. The molecular weight excluding hydrogens is 242 g/mol. The molecule has 0 aliphatic heterocycles. The Balaban J connectivity index is 2.45. The van der Waals surface area contributed by atoms with Gasteiger partial charge in [-0.25, -0.2) is 4.98 Å². The van der Waals surface area contributed by atoms with Gasteiger partial charge in [-0.05, 0) is 12.8 Å². The molecule has 19 heavy (non-hydrogen) atoms. The molecule has 1 rings (SSSR count). The highest BCUT2D eigenvalue weighted by atomic mass is 16.5. The molecular formula is C14H25N3O2. The molecule has 0 spiro atoms. The molecule has 0 saturated carbocycles. The normalized spacial score (nSPS) is 12.4. The van der Waals surface area contributed by atoms with E-state index in [1.54, 1.807) is 0 Å². The summed E-state index contributed by atoms with van der Waals surface area (Å²) < 4.78 is 4.89. The first-order chi connectivity index (χ1) is 9.21. The zero-order valence-electron chi connectivity index (χ0n) is 12.2. The average Bonchev–Trinajstić information content (AvgIpc) is 2.43. The minimum absolute atomic E-state index is 0.228. The third kappa shape index (κ3) is 5.42. The number of aromatic amines is 1. The lowest BCUT2D eigenvalue weighted by atomic mass is 10.1. The smallest absolute Gasteiger partial charge is 0.293 e.